The van der Waals surface area contributed by atoms with Gasteiger partial charge >= 0.3 is 0 Å². The fourth-order valence-electron chi connectivity index (χ4n) is 3.67. The van der Waals surface area contributed by atoms with Crippen molar-refractivity contribution in [2.75, 3.05) is 26.1 Å². The number of aromatic nitrogens is 4. The first-order valence-electron chi connectivity index (χ1n) is 11.4. The zero-order chi connectivity index (χ0) is 25.9. The molecule has 0 spiro atoms. The Morgan fingerprint density at radius 1 is 1.08 bits per heavy atom. The standard InChI is InChI=1S/C25H23F2N5O5/c1-34-19-9-16-17(10-20(19)35-2)28-8-7-18(16)37-15-5-6-23(29-11-15)30-25(33)24-21(36-13-22(26)27)12-32(31-24)14-3-4-14/h5-12,14,22H,3-4,13H2,1-2H3,(H,29,30,33). The number of carbonyl (C=O) groups excluding carboxylic acids is 1. The number of ether oxygens (including phenoxy) is 4. The molecule has 0 atom stereocenters. The van der Waals surface area contributed by atoms with Gasteiger partial charge in [0.1, 0.15) is 23.9 Å². The highest BCUT2D eigenvalue weighted by atomic mass is 19.3. The number of halogens is 2. The molecule has 10 nitrogen and oxygen atoms in total. The molecule has 1 amide bonds. The van der Waals surface area contributed by atoms with Gasteiger partial charge in [0.15, 0.2) is 22.9 Å². The van der Waals surface area contributed by atoms with E-state index in [1.54, 1.807) is 55.4 Å². The summed E-state index contributed by atoms with van der Waals surface area (Å²) in [6.07, 6.45) is 3.68. The molecule has 12 heteroatoms. The molecule has 1 aromatic carbocycles. The van der Waals surface area contributed by atoms with Crippen LogP contribution in [0.3, 0.4) is 0 Å². The first kappa shape index (κ1) is 24.2. The zero-order valence-corrected chi connectivity index (χ0v) is 20.0. The summed E-state index contributed by atoms with van der Waals surface area (Å²) >= 11 is 0. The number of nitrogens with zero attached hydrogens (tertiary/aromatic N) is 4. The lowest BCUT2D eigenvalue weighted by Crippen LogP contribution is -2.16. The van der Waals surface area contributed by atoms with Crippen LogP contribution in [0.1, 0.15) is 29.4 Å². The molecule has 5 rings (SSSR count). The smallest absolute Gasteiger partial charge is 0.281 e. The summed E-state index contributed by atoms with van der Waals surface area (Å²) in [6.45, 7) is -0.830. The molecule has 37 heavy (non-hydrogen) atoms. The monoisotopic (exact) mass is 511 g/mol. The van der Waals surface area contributed by atoms with Crippen molar-refractivity contribution in [3.05, 3.63) is 54.6 Å². The zero-order valence-electron chi connectivity index (χ0n) is 20.0. The maximum atomic E-state index is 12.8. The van der Waals surface area contributed by atoms with Crippen LogP contribution in [0.2, 0.25) is 0 Å². The molecule has 0 radical (unpaired) electrons. The average molecular weight is 511 g/mol. The van der Waals surface area contributed by atoms with Crippen LogP contribution in [0, 0.1) is 0 Å². The van der Waals surface area contributed by atoms with Gasteiger partial charge in [-0.1, -0.05) is 0 Å². The van der Waals surface area contributed by atoms with Gasteiger partial charge in [0.25, 0.3) is 12.3 Å². The summed E-state index contributed by atoms with van der Waals surface area (Å²) in [5.41, 5.74) is 0.574. The summed E-state index contributed by atoms with van der Waals surface area (Å²) in [4.78, 5) is 21.4. The van der Waals surface area contributed by atoms with Crippen molar-refractivity contribution in [3.63, 3.8) is 0 Å². The maximum absolute atomic E-state index is 12.8. The Morgan fingerprint density at radius 2 is 1.86 bits per heavy atom. The molecule has 0 aliphatic heterocycles. The number of anilines is 1. The molecule has 1 N–H and O–H groups in total. The van der Waals surface area contributed by atoms with Crippen LogP contribution in [0.4, 0.5) is 14.6 Å². The molecular formula is C25H23F2N5O5. The third-order valence-corrected chi connectivity index (χ3v) is 5.61. The first-order chi connectivity index (χ1) is 17.9. The first-order valence-corrected chi connectivity index (χ1v) is 11.4. The second-order valence-corrected chi connectivity index (χ2v) is 8.22. The lowest BCUT2D eigenvalue weighted by atomic mass is 10.2. The third-order valence-electron chi connectivity index (χ3n) is 5.61. The molecule has 0 bridgehead atoms. The number of fused-ring (bicyclic) bond motifs is 1. The van der Waals surface area contributed by atoms with E-state index in [0.717, 1.165) is 12.8 Å². The number of pyridine rings is 2. The van der Waals surface area contributed by atoms with Crippen LogP contribution in [-0.4, -0.2) is 52.9 Å². The van der Waals surface area contributed by atoms with E-state index < -0.39 is 18.9 Å². The van der Waals surface area contributed by atoms with Gasteiger partial charge in [-0.2, -0.15) is 5.10 Å². The van der Waals surface area contributed by atoms with E-state index in [4.69, 9.17) is 18.9 Å². The lowest BCUT2D eigenvalue weighted by molar-refractivity contribution is 0.0803. The molecule has 3 heterocycles. The summed E-state index contributed by atoms with van der Waals surface area (Å²) in [5, 5.41) is 7.56. The second kappa shape index (κ2) is 10.2. The fraction of sp³-hybridized carbons (Fsp3) is 0.280. The van der Waals surface area contributed by atoms with E-state index in [-0.39, 0.29) is 23.3 Å². The molecule has 1 fully saturated rings. The number of methoxy groups -OCH3 is 2. The van der Waals surface area contributed by atoms with Crippen LogP contribution in [0.25, 0.3) is 10.9 Å². The van der Waals surface area contributed by atoms with Crippen LogP contribution >= 0.6 is 0 Å². The maximum Gasteiger partial charge on any atom is 0.281 e. The van der Waals surface area contributed by atoms with Gasteiger partial charge in [0.2, 0.25) is 0 Å². The molecule has 0 unspecified atom stereocenters. The minimum absolute atomic E-state index is 0.00118. The van der Waals surface area contributed by atoms with Gasteiger partial charge in [-0.05, 0) is 37.1 Å². The van der Waals surface area contributed by atoms with Crippen LogP contribution in [0.15, 0.2) is 48.9 Å². The van der Waals surface area contributed by atoms with Crippen molar-refractivity contribution in [3.8, 4) is 28.7 Å². The number of hydrogen-bond donors (Lipinski definition) is 1. The number of rotatable bonds is 10. The number of amides is 1. The van der Waals surface area contributed by atoms with Crippen molar-refractivity contribution in [1.82, 2.24) is 19.7 Å². The van der Waals surface area contributed by atoms with Crippen molar-refractivity contribution in [2.45, 2.75) is 25.3 Å². The summed E-state index contributed by atoms with van der Waals surface area (Å²) in [6, 6.07) is 8.57. The van der Waals surface area contributed by atoms with Gasteiger partial charge < -0.3 is 24.3 Å². The fourth-order valence-corrected chi connectivity index (χ4v) is 3.67. The summed E-state index contributed by atoms with van der Waals surface area (Å²) < 4.78 is 48.7. The van der Waals surface area contributed by atoms with E-state index in [2.05, 4.69) is 20.4 Å². The number of carbonyl (C=O) groups is 1. The van der Waals surface area contributed by atoms with Crippen LogP contribution < -0.4 is 24.3 Å². The highest BCUT2D eigenvalue weighted by Gasteiger charge is 2.28. The Kier molecular flexibility index (Phi) is 6.71. The molecule has 1 aliphatic rings. The highest BCUT2D eigenvalue weighted by molar-refractivity contribution is 6.04. The Hall–Kier alpha value is -4.48. The number of benzene rings is 1. The molecule has 1 saturated carbocycles. The molecule has 3 aromatic heterocycles. The number of alkyl halides is 2. The lowest BCUT2D eigenvalue weighted by Gasteiger charge is -2.12. The molecular weight excluding hydrogens is 488 g/mol. The Morgan fingerprint density at radius 3 is 2.54 bits per heavy atom. The predicted octanol–water partition coefficient (Wildman–Crippen LogP) is 4.87. The Labute approximate surface area is 210 Å². The van der Waals surface area contributed by atoms with Gasteiger partial charge in [-0.25, -0.2) is 13.8 Å². The van der Waals surface area contributed by atoms with Gasteiger partial charge in [0, 0.05) is 17.6 Å². The Bertz CT molecular complexity index is 1420. The quantitative estimate of drug-likeness (QED) is 0.321. The van der Waals surface area contributed by atoms with Crippen molar-refractivity contribution < 1.29 is 32.5 Å². The van der Waals surface area contributed by atoms with Gasteiger partial charge in [-0.3, -0.25) is 14.5 Å². The topological polar surface area (TPSA) is 110 Å². The minimum atomic E-state index is -2.67. The molecule has 0 saturated heterocycles. The van der Waals surface area contributed by atoms with Crippen LogP contribution in [0.5, 0.6) is 28.7 Å². The average Bonchev–Trinajstić information content (AvgIpc) is 3.66. The van der Waals surface area contributed by atoms with Gasteiger partial charge in [-0.15, -0.1) is 0 Å². The SMILES string of the molecule is COc1cc2nccc(Oc3ccc(NC(=O)c4nn(C5CC5)cc4OCC(F)F)nc3)c2cc1OC. The molecule has 1 aliphatic carbocycles. The van der Waals surface area contributed by atoms with Crippen molar-refractivity contribution in [2.24, 2.45) is 0 Å². The number of hydrogen-bond acceptors (Lipinski definition) is 8. The van der Waals surface area contributed by atoms with Crippen LogP contribution in [-0.2, 0) is 0 Å². The highest BCUT2D eigenvalue weighted by Crippen LogP contribution is 2.37. The van der Waals surface area contributed by atoms with E-state index in [1.165, 1.54) is 12.4 Å². The second-order valence-electron chi connectivity index (χ2n) is 8.22. The molecule has 4 aromatic rings. The molecule has 192 valence electrons. The summed E-state index contributed by atoms with van der Waals surface area (Å²) in [7, 11) is 3.09. The van der Waals surface area contributed by atoms with Crippen molar-refractivity contribution in [1.29, 1.82) is 0 Å². The van der Waals surface area contributed by atoms with E-state index in [0.29, 0.717) is 33.9 Å². The van der Waals surface area contributed by atoms with E-state index in [1.807, 2.05) is 0 Å². The van der Waals surface area contributed by atoms with Gasteiger partial charge in [0.05, 0.1) is 38.2 Å². The number of nitrogens with one attached hydrogen (secondary N) is 1. The minimum Gasteiger partial charge on any atom is -0.493 e. The largest absolute Gasteiger partial charge is 0.493 e. The summed E-state index contributed by atoms with van der Waals surface area (Å²) in [5.74, 6) is 1.63. The van der Waals surface area contributed by atoms with E-state index in [9.17, 15) is 13.6 Å². The van der Waals surface area contributed by atoms with E-state index >= 15 is 0 Å². The normalized spacial score (nSPS) is 13.0. The third kappa shape index (κ3) is 5.37. The Balaban J connectivity index is 1.31. The van der Waals surface area contributed by atoms with Crippen molar-refractivity contribution >= 4 is 22.6 Å². The predicted molar refractivity (Wildman–Crippen MR) is 129 cm³/mol.